The molecule has 0 aliphatic carbocycles. The normalized spacial score (nSPS) is 17.6. The lowest BCUT2D eigenvalue weighted by Gasteiger charge is -2.22. The molecular weight excluding hydrogens is 286 g/mol. The summed E-state index contributed by atoms with van der Waals surface area (Å²) >= 11 is 5.38. The van der Waals surface area contributed by atoms with E-state index in [-0.39, 0.29) is 0 Å². The third-order valence-electron chi connectivity index (χ3n) is 2.83. The number of hydrogen-bond acceptors (Lipinski definition) is 3. The van der Waals surface area contributed by atoms with Crippen molar-refractivity contribution in [3.8, 4) is 5.75 Å². The largest absolute Gasteiger partial charge is 0.507 e. The molecule has 0 saturated carbocycles. The van der Waals surface area contributed by atoms with E-state index in [4.69, 9.17) is 0 Å². The lowest BCUT2D eigenvalue weighted by molar-refractivity contribution is 0.469. The molecule has 0 radical (unpaired) electrons. The second-order valence-electron chi connectivity index (χ2n) is 4.05. The van der Waals surface area contributed by atoms with Crippen LogP contribution in [0.3, 0.4) is 0 Å². The van der Waals surface area contributed by atoms with Gasteiger partial charge in [0.15, 0.2) is 0 Å². The summed E-state index contributed by atoms with van der Waals surface area (Å²) in [6.45, 7) is 0.883. The van der Waals surface area contributed by atoms with Gasteiger partial charge in [0.25, 0.3) is 0 Å². The van der Waals surface area contributed by atoms with Gasteiger partial charge in [-0.2, -0.15) is 11.8 Å². The van der Waals surface area contributed by atoms with Gasteiger partial charge in [0.2, 0.25) is 0 Å². The molecule has 4 heteroatoms. The van der Waals surface area contributed by atoms with E-state index in [1.54, 1.807) is 6.07 Å². The Kier molecular flexibility index (Phi) is 4.55. The number of rotatable bonds is 3. The minimum absolute atomic E-state index is 0.304. The summed E-state index contributed by atoms with van der Waals surface area (Å²) in [6, 6.07) is 6.33. The maximum absolute atomic E-state index is 9.39. The molecule has 2 rings (SSSR count). The van der Waals surface area contributed by atoms with Gasteiger partial charge in [-0.25, -0.2) is 0 Å². The summed E-state index contributed by atoms with van der Waals surface area (Å²) in [6.07, 6.45) is 2.54. The molecule has 2 nitrogen and oxygen atoms in total. The summed E-state index contributed by atoms with van der Waals surface area (Å²) in [5.41, 5.74) is 1.21. The zero-order chi connectivity index (χ0) is 11.4. The minimum Gasteiger partial charge on any atom is -0.507 e. The molecule has 1 aliphatic rings. The van der Waals surface area contributed by atoms with Crippen LogP contribution in [-0.2, 0) is 6.54 Å². The average molecular weight is 302 g/mol. The Bertz CT molecular complexity index is 353. The number of benzene rings is 1. The molecule has 16 heavy (non-hydrogen) atoms. The van der Waals surface area contributed by atoms with Gasteiger partial charge in [-0.1, -0.05) is 6.07 Å². The zero-order valence-corrected chi connectivity index (χ0v) is 11.5. The number of nitrogens with one attached hydrogen (secondary N) is 1. The zero-order valence-electron chi connectivity index (χ0n) is 9.08. The van der Waals surface area contributed by atoms with Crippen molar-refractivity contribution in [3.05, 3.63) is 28.2 Å². The van der Waals surface area contributed by atoms with Crippen LogP contribution in [0.25, 0.3) is 0 Å². The van der Waals surface area contributed by atoms with Crippen LogP contribution in [-0.4, -0.2) is 22.7 Å². The fourth-order valence-corrected chi connectivity index (χ4v) is 3.36. The van der Waals surface area contributed by atoms with Crippen LogP contribution in [0.5, 0.6) is 5.75 Å². The first kappa shape index (κ1) is 12.3. The highest BCUT2D eigenvalue weighted by atomic mass is 79.9. The number of phenols is 1. The van der Waals surface area contributed by atoms with Crippen molar-refractivity contribution in [2.45, 2.75) is 25.4 Å². The van der Waals surface area contributed by atoms with E-state index in [1.165, 1.54) is 29.9 Å². The van der Waals surface area contributed by atoms with E-state index in [0.29, 0.717) is 11.8 Å². The number of aromatic hydroxyl groups is 1. The highest BCUT2D eigenvalue weighted by Gasteiger charge is 2.12. The van der Waals surface area contributed by atoms with E-state index in [2.05, 4.69) is 21.2 Å². The van der Waals surface area contributed by atoms with Crippen molar-refractivity contribution >= 4 is 27.7 Å². The average Bonchev–Trinajstić information content (AvgIpc) is 2.32. The molecule has 1 fully saturated rings. The second kappa shape index (κ2) is 5.94. The Morgan fingerprint density at radius 2 is 2.12 bits per heavy atom. The van der Waals surface area contributed by atoms with Crippen LogP contribution >= 0.6 is 27.7 Å². The second-order valence-corrected chi connectivity index (χ2v) is 6.13. The lowest BCUT2D eigenvalue weighted by atomic mass is 10.1. The van der Waals surface area contributed by atoms with E-state index >= 15 is 0 Å². The Labute approximate surface area is 109 Å². The summed E-state index contributed by atoms with van der Waals surface area (Å²) in [7, 11) is 0. The number of thioether (sulfide) groups is 1. The van der Waals surface area contributed by atoms with Gasteiger partial charge in [-0.15, -0.1) is 0 Å². The molecule has 1 aliphatic heterocycles. The molecule has 0 atom stereocenters. The first-order valence-electron chi connectivity index (χ1n) is 5.54. The van der Waals surface area contributed by atoms with Crippen molar-refractivity contribution in [1.29, 1.82) is 0 Å². The van der Waals surface area contributed by atoms with Crippen LogP contribution < -0.4 is 5.32 Å². The molecular formula is C12H16BrNOS. The van der Waals surface area contributed by atoms with Crippen molar-refractivity contribution in [3.63, 3.8) is 0 Å². The smallest absolute Gasteiger partial charge is 0.129 e. The highest BCUT2D eigenvalue weighted by molar-refractivity contribution is 9.10. The van der Waals surface area contributed by atoms with Crippen molar-refractivity contribution in [2.24, 2.45) is 0 Å². The van der Waals surface area contributed by atoms with Gasteiger partial charge in [-0.3, -0.25) is 0 Å². The monoisotopic (exact) mass is 301 g/mol. The Balaban J connectivity index is 1.86. The van der Waals surface area contributed by atoms with Crippen molar-refractivity contribution < 1.29 is 5.11 Å². The van der Waals surface area contributed by atoms with E-state index in [0.717, 1.165) is 11.0 Å². The Morgan fingerprint density at radius 1 is 1.38 bits per heavy atom. The maximum atomic E-state index is 9.39. The van der Waals surface area contributed by atoms with E-state index in [1.807, 2.05) is 23.9 Å². The van der Waals surface area contributed by atoms with Crippen LogP contribution in [0.1, 0.15) is 18.4 Å². The summed E-state index contributed by atoms with van der Waals surface area (Å²) in [5.74, 6) is 2.85. The topological polar surface area (TPSA) is 32.3 Å². The molecule has 2 N–H and O–H groups in total. The van der Waals surface area contributed by atoms with Crippen molar-refractivity contribution in [2.75, 3.05) is 11.5 Å². The summed E-state index contributed by atoms with van der Waals surface area (Å²) in [5, 5.41) is 13.0. The molecule has 1 aromatic rings. The molecule has 0 unspecified atom stereocenters. The van der Waals surface area contributed by atoms with Crippen LogP contribution in [0.4, 0.5) is 0 Å². The molecule has 88 valence electrons. The standard InChI is InChI=1S/C12H16BrNOS/c13-11-7-9(1-2-12(11)15)8-14-10-3-5-16-6-4-10/h1-2,7,10,14-15H,3-6,8H2. The fraction of sp³-hybridized carbons (Fsp3) is 0.500. The van der Waals surface area contributed by atoms with Gasteiger partial charge in [0.1, 0.15) is 5.75 Å². The van der Waals surface area contributed by atoms with Crippen molar-refractivity contribution in [1.82, 2.24) is 5.32 Å². The lowest BCUT2D eigenvalue weighted by Crippen LogP contribution is -2.31. The highest BCUT2D eigenvalue weighted by Crippen LogP contribution is 2.24. The molecule has 1 heterocycles. The fourth-order valence-electron chi connectivity index (χ4n) is 1.82. The molecule has 0 bridgehead atoms. The Hall–Kier alpha value is -0.190. The quantitative estimate of drug-likeness (QED) is 0.899. The minimum atomic E-state index is 0.304. The maximum Gasteiger partial charge on any atom is 0.129 e. The van der Waals surface area contributed by atoms with Gasteiger partial charge in [-0.05, 0) is 58.0 Å². The molecule has 0 spiro atoms. The third-order valence-corrected chi connectivity index (χ3v) is 4.51. The first-order chi connectivity index (χ1) is 7.75. The molecule has 1 aromatic carbocycles. The third kappa shape index (κ3) is 3.40. The van der Waals surface area contributed by atoms with Gasteiger partial charge in [0.05, 0.1) is 4.47 Å². The van der Waals surface area contributed by atoms with Crippen LogP contribution in [0.15, 0.2) is 22.7 Å². The molecule has 1 saturated heterocycles. The van der Waals surface area contributed by atoms with Crippen LogP contribution in [0.2, 0.25) is 0 Å². The van der Waals surface area contributed by atoms with E-state index in [9.17, 15) is 5.11 Å². The van der Waals surface area contributed by atoms with Gasteiger partial charge >= 0.3 is 0 Å². The summed E-state index contributed by atoms with van der Waals surface area (Å²) in [4.78, 5) is 0. The van der Waals surface area contributed by atoms with Gasteiger partial charge in [0, 0.05) is 12.6 Å². The predicted octanol–water partition coefficient (Wildman–Crippen LogP) is 3.14. The molecule has 0 aromatic heterocycles. The predicted molar refractivity (Wildman–Crippen MR) is 73.0 cm³/mol. The molecule has 0 amide bonds. The number of phenolic OH excluding ortho intramolecular Hbond substituents is 1. The SMILES string of the molecule is Oc1ccc(CNC2CCSCC2)cc1Br. The summed E-state index contributed by atoms with van der Waals surface area (Å²) < 4.78 is 0.769. The Morgan fingerprint density at radius 3 is 2.81 bits per heavy atom. The number of halogens is 1. The van der Waals surface area contributed by atoms with Gasteiger partial charge < -0.3 is 10.4 Å². The first-order valence-corrected chi connectivity index (χ1v) is 7.49. The number of hydrogen-bond donors (Lipinski definition) is 2. The van der Waals surface area contributed by atoms with E-state index < -0.39 is 0 Å². The van der Waals surface area contributed by atoms with Crippen LogP contribution in [0, 0.1) is 0 Å².